The van der Waals surface area contributed by atoms with Gasteiger partial charge in [-0.1, -0.05) is 6.07 Å². The average Bonchev–Trinajstić information content (AvgIpc) is 2.76. The highest BCUT2D eigenvalue weighted by Crippen LogP contribution is 2.27. The lowest BCUT2D eigenvalue weighted by Crippen LogP contribution is -2.34. The summed E-state index contributed by atoms with van der Waals surface area (Å²) in [5, 5.41) is 8.88. The highest BCUT2D eigenvalue weighted by molar-refractivity contribution is 7.89. The Morgan fingerprint density at radius 2 is 2.17 bits per heavy atom. The van der Waals surface area contributed by atoms with Gasteiger partial charge in [0.25, 0.3) is 0 Å². The molecule has 0 saturated carbocycles. The summed E-state index contributed by atoms with van der Waals surface area (Å²) in [5.41, 5.74) is 1.07. The van der Waals surface area contributed by atoms with Gasteiger partial charge in [-0.15, -0.1) is 0 Å². The molecule has 5 heteroatoms. The fourth-order valence-electron chi connectivity index (χ4n) is 2.34. The Bertz CT molecular complexity index is 602. The minimum Gasteiger partial charge on any atom is -0.207 e. The number of rotatable bonds is 2. The van der Waals surface area contributed by atoms with Gasteiger partial charge < -0.3 is 0 Å². The smallest absolute Gasteiger partial charge is 0.207 e. The molecular weight excluding hydrogens is 248 g/mol. The van der Waals surface area contributed by atoms with E-state index in [2.05, 4.69) is 0 Å². The van der Waals surface area contributed by atoms with E-state index in [0.717, 1.165) is 12.8 Å². The zero-order valence-corrected chi connectivity index (χ0v) is 11.4. The van der Waals surface area contributed by atoms with E-state index in [0.29, 0.717) is 17.7 Å². The molecule has 1 saturated heterocycles. The van der Waals surface area contributed by atoms with Crippen molar-refractivity contribution in [2.24, 2.45) is 0 Å². The molecule has 2 rings (SSSR count). The predicted molar refractivity (Wildman–Crippen MR) is 68.5 cm³/mol. The molecule has 1 aromatic carbocycles. The van der Waals surface area contributed by atoms with E-state index in [1.807, 2.05) is 13.0 Å². The molecule has 0 radical (unpaired) electrons. The number of benzene rings is 1. The Labute approximate surface area is 108 Å². The van der Waals surface area contributed by atoms with Crippen molar-refractivity contribution in [1.82, 2.24) is 4.31 Å². The molecule has 1 fully saturated rings. The van der Waals surface area contributed by atoms with Gasteiger partial charge in [0.15, 0.2) is 0 Å². The van der Waals surface area contributed by atoms with Gasteiger partial charge >= 0.3 is 0 Å². The lowest BCUT2D eigenvalue weighted by Gasteiger charge is -2.22. The maximum absolute atomic E-state index is 12.6. The molecule has 0 aliphatic carbocycles. The molecular formula is C13H16N2O2S. The van der Waals surface area contributed by atoms with Gasteiger partial charge in [0.05, 0.1) is 16.5 Å². The normalized spacial score (nSPS) is 20.8. The minimum absolute atomic E-state index is 0.0418. The summed E-state index contributed by atoms with van der Waals surface area (Å²) in [6, 6.07) is 6.82. The molecule has 1 aliphatic heterocycles. The first kappa shape index (κ1) is 13.1. The van der Waals surface area contributed by atoms with E-state index in [9.17, 15) is 8.42 Å². The molecule has 1 aliphatic rings. The third kappa shape index (κ3) is 2.14. The second kappa shape index (κ2) is 4.71. The molecule has 4 nitrogen and oxygen atoms in total. The first-order valence-corrected chi connectivity index (χ1v) is 7.43. The van der Waals surface area contributed by atoms with Crippen molar-refractivity contribution in [2.45, 2.75) is 37.6 Å². The van der Waals surface area contributed by atoms with Crippen molar-refractivity contribution < 1.29 is 8.42 Å². The summed E-state index contributed by atoms with van der Waals surface area (Å²) in [4.78, 5) is 0.260. The predicted octanol–water partition coefficient (Wildman–Crippen LogP) is 2.04. The van der Waals surface area contributed by atoms with Crippen LogP contribution in [-0.2, 0) is 10.0 Å². The molecule has 0 N–H and O–H groups in total. The van der Waals surface area contributed by atoms with Crippen LogP contribution in [0.15, 0.2) is 23.1 Å². The van der Waals surface area contributed by atoms with E-state index >= 15 is 0 Å². The van der Waals surface area contributed by atoms with Crippen LogP contribution >= 0.6 is 0 Å². The van der Waals surface area contributed by atoms with Crippen LogP contribution < -0.4 is 0 Å². The summed E-state index contributed by atoms with van der Waals surface area (Å²) in [7, 11) is -3.47. The maximum atomic E-state index is 12.6. The Morgan fingerprint density at radius 1 is 1.44 bits per heavy atom. The summed E-state index contributed by atoms with van der Waals surface area (Å²) < 4.78 is 26.6. The minimum atomic E-state index is -3.47. The number of hydrogen-bond donors (Lipinski definition) is 0. The van der Waals surface area contributed by atoms with E-state index in [1.165, 1.54) is 10.4 Å². The van der Waals surface area contributed by atoms with Gasteiger partial charge in [-0.3, -0.25) is 0 Å². The van der Waals surface area contributed by atoms with Crippen LogP contribution in [-0.4, -0.2) is 25.3 Å². The van der Waals surface area contributed by atoms with Crippen molar-refractivity contribution in [2.75, 3.05) is 6.54 Å². The van der Waals surface area contributed by atoms with E-state index in [1.54, 1.807) is 19.1 Å². The second-order valence-electron chi connectivity index (χ2n) is 4.70. The molecule has 96 valence electrons. The molecule has 0 spiro atoms. The van der Waals surface area contributed by atoms with Gasteiger partial charge in [0, 0.05) is 12.6 Å². The third-order valence-electron chi connectivity index (χ3n) is 3.40. The van der Waals surface area contributed by atoms with Crippen LogP contribution in [0.1, 0.15) is 30.9 Å². The molecule has 1 heterocycles. The van der Waals surface area contributed by atoms with Crippen molar-refractivity contribution >= 4 is 10.0 Å². The van der Waals surface area contributed by atoms with Gasteiger partial charge in [-0.25, -0.2) is 8.42 Å². The number of nitrogens with zero attached hydrogens (tertiary/aromatic N) is 2. The zero-order chi connectivity index (χ0) is 13.3. The van der Waals surface area contributed by atoms with Gasteiger partial charge in [0.2, 0.25) is 10.0 Å². The fraction of sp³-hybridized carbons (Fsp3) is 0.462. The molecule has 1 atom stereocenters. The van der Waals surface area contributed by atoms with Crippen LogP contribution in [0.4, 0.5) is 0 Å². The maximum Gasteiger partial charge on any atom is 0.243 e. The fourth-order valence-corrected chi connectivity index (χ4v) is 4.29. The lowest BCUT2D eigenvalue weighted by molar-refractivity contribution is 0.408. The van der Waals surface area contributed by atoms with Crippen LogP contribution in [0.2, 0.25) is 0 Å². The molecule has 0 bridgehead atoms. The largest absolute Gasteiger partial charge is 0.243 e. The quantitative estimate of drug-likeness (QED) is 0.821. The van der Waals surface area contributed by atoms with Crippen molar-refractivity contribution in [3.8, 4) is 6.07 Å². The Morgan fingerprint density at radius 3 is 2.72 bits per heavy atom. The molecule has 1 aromatic rings. The second-order valence-corrected chi connectivity index (χ2v) is 6.56. The number of hydrogen-bond acceptors (Lipinski definition) is 3. The van der Waals surface area contributed by atoms with E-state index in [-0.39, 0.29) is 10.9 Å². The van der Waals surface area contributed by atoms with Crippen LogP contribution in [0.5, 0.6) is 0 Å². The number of sulfonamides is 1. The lowest BCUT2D eigenvalue weighted by atomic mass is 10.2. The average molecular weight is 264 g/mol. The molecule has 0 aromatic heterocycles. The van der Waals surface area contributed by atoms with Crippen LogP contribution in [0.3, 0.4) is 0 Å². The van der Waals surface area contributed by atoms with Crippen molar-refractivity contribution in [3.63, 3.8) is 0 Å². The van der Waals surface area contributed by atoms with Crippen LogP contribution in [0.25, 0.3) is 0 Å². The van der Waals surface area contributed by atoms with Crippen molar-refractivity contribution in [3.05, 3.63) is 29.3 Å². The van der Waals surface area contributed by atoms with E-state index < -0.39 is 10.0 Å². The Balaban J connectivity index is 2.51. The first-order chi connectivity index (χ1) is 8.46. The van der Waals surface area contributed by atoms with E-state index in [4.69, 9.17) is 5.26 Å². The highest BCUT2D eigenvalue weighted by Gasteiger charge is 2.33. The number of aryl methyl sites for hydroxylation is 1. The summed E-state index contributed by atoms with van der Waals surface area (Å²) in [6.07, 6.45) is 1.80. The van der Waals surface area contributed by atoms with Gasteiger partial charge in [-0.2, -0.15) is 9.57 Å². The van der Waals surface area contributed by atoms with Crippen molar-refractivity contribution in [1.29, 1.82) is 5.26 Å². The zero-order valence-electron chi connectivity index (χ0n) is 10.5. The molecule has 0 amide bonds. The molecule has 18 heavy (non-hydrogen) atoms. The van der Waals surface area contributed by atoms with Gasteiger partial charge in [-0.05, 0) is 44.4 Å². The standard InChI is InChI=1S/C13H16N2O2S/c1-10-5-6-12(9-14)8-13(10)18(16,17)15-7-3-4-11(15)2/h5-6,8,11H,3-4,7H2,1-2H3. The summed E-state index contributed by atoms with van der Waals surface area (Å²) in [5.74, 6) is 0. The topological polar surface area (TPSA) is 61.2 Å². The van der Waals surface area contributed by atoms with Crippen LogP contribution in [0, 0.1) is 18.3 Å². The summed E-state index contributed by atoms with van der Waals surface area (Å²) in [6.45, 7) is 4.25. The third-order valence-corrected chi connectivity index (χ3v) is 5.55. The molecule has 1 unspecified atom stereocenters. The monoisotopic (exact) mass is 264 g/mol. The highest BCUT2D eigenvalue weighted by atomic mass is 32.2. The SMILES string of the molecule is Cc1ccc(C#N)cc1S(=O)(=O)N1CCCC1C. The Kier molecular flexibility index (Phi) is 3.42. The Hall–Kier alpha value is -1.38. The van der Waals surface area contributed by atoms with Gasteiger partial charge in [0.1, 0.15) is 0 Å². The first-order valence-electron chi connectivity index (χ1n) is 5.99. The number of nitriles is 1. The summed E-state index contributed by atoms with van der Waals surface area (Å²) >= 11 is 0.